The lowest BCUT2D eigenvalue weighted by atomic mass is 10.2. The van der Waals surface area contributed by atoms with Crippen LogP contribution in [0.5, 0.6) is 0 Å². The molecule has 19 heavy (non-hydrogen) atoms. The molecule has 0 saturated heterocycles. The fourth-order valence-corrected chi connectivity index (χ4v) is 2.02. The van der Waals surface area contributed by atoms with Gasteiger partial charge < -0.3 is 10.5 Å². The highest BCUT2D eigenvalue weighted by Crippen LogP contribution is 2.25. The smallest absolute Gasteiger partial charge is 0.340 e. The molecule has 0 radical (unpaired) electrons. The molecule has 0 saturated carbocycles. The van der Waals surface area contributed by atoms with Crippen molar-refractivity contribution in [3.8, 4) is 0 Å². The number of hydrogen-bond acceptors (Lipinski definition) is 7. The summed E-state index contributed by atoms with van der Waals surface area (Å²) < 4.78 is 4.93. The van der Waals surface area contributed by atoms with E-state index in [-0.39, 0.29) is 5.69 Å². The molecule has 0 spiro atoms. The highest BCUT2D eigenvalue weighted by molar-refractivity contribution is 7.99. The molecule has 0 aromatic carbocycles. The fraction of sp³-hybridized carbons (Fsp3) is 0.167. The molecule has 0 aliphatic heterocycles. The van der Waals surface area contributed by atoms with E-state index >= 15 is 0 Å². The van der Waals surface area contributed by atoms with Gasteiger partial charge in [-0.3, -0.25) is 0 Å². The third-order valence-corrected chi connectivity index (χ3v) is 2.97. The number of hydrogen-bond donors (Lipinski definition) is 1. The van der Waals surface area contributed by atoms with Crippen LogP contribution in [0.1, 0.15) is 17.3 Å². The molecule has 98 valence electrons. The van der Waals surface area contributed by atoms with Gasteiger partial charge in [-0.15, -0.1) is 0 Å². The third kappa shape index (κ3) is 3.41. The van der Waals surface area contributed by atoms with Crippen molar-refractivity contribution in [3.63, 3.8) is 0 Å². The topological polar surface area (TPSA) is 91.0 Å². The van der Waals surface area contributed by atoms with Gasteiger partial charge in [0.15, 0.2) is 5.16 Å². The molecule has 0 atom stereocenters. The van der Waals surface area contributed by atoms with Crippen molar-refractivity contribution < 1.29 is 9.53 Å². The van der Waals surface area contributed by atoms with Crippen LogP contribution in [0.2, 0.25) is 0 Å². The second-order valence-corrected chi connectivity index (χ2v) is 4.45. The van der Waals surface area contributed by atoms with Gasteiger partial charge in [-0.05, 0) is 30.8 Å². The normalized spacial score (nSPS) is 10.2. The van der Waals surface area contributed by atoms with Crippen molar-refractivity contribution >= 4 is 23.4 Å². The molecule has 6 nitrogen and oxygen atoms in total. The van der Waals surface area contributed by atoms with E-state index in [4.69, 9.17) is 10.5 Å². The number of ether oxygens (including phenoxy) is 1. The zero-order chi connectivity index (χ0) is 13.7. The van der Waals surface area contributed by atoms with E-state index in [1.807, 2.05) is 0 Å². The van der Waals surface area contributed by atoms with Crippen LogP contribution in [0, 0.1) is 0 Å². The van der Waals surface area contributed by atoms with Crippen LogP contribution in [0.3, 0.4) is 0 Å². The zero-order valence-corrected chi connectivity index (χ0v) is 11.1. The molecule has 0 unspecified atom stereocenters. The van der Waals surface area contributed by atoms with E-state index in [1.165, 1.54) is 18.0 Å². The van der Waals surface area contributed by atoms with E-state index in [2.05, 4.69) is 15.0 Å². The minimum Gasteiger partial charge on any atom is -0.462 e. The van der Waals surface area contributed by atoms with Gasteiger partial charge in [0, 0.05) is 12.4 Å². The standard InChI is InChI=1S/C12H12N4O2S/c1-2-18-11(17)8-6-10(16-7-9(8)13)19-12-14-4-3-5-15-12/h3-7H,2,13H2,1H3. The van der Waals surface area contributed by atoms with Crippen LogP contribution in [0.4, 0.5) is 5.69 Å². The lowest BCUT2D eigenvalue weighted by Gasteiger charge is -2.06. The second-order valence-electron chi connectivity index (χ2n) is 3.46. The molecule has 2 N–H and O–H groups in total. The number of esters is 1. The Morgan fingerprint density at radius 2 is 2.11 bits per heavy atom. The average molecular weight is 276 g/mol. The van der Waals surface area contributed by atoms with Crippen molar-refractivity contribution in [2.75, 3.05) is 12.3 Å². The first-order chi connectivity index (χ1) is 9.20. The number of nitrogens with two attached hydrogens (primary N) is 1. The van der Waals surface area contributed by atoms with E-state index < -0.39 is 5.97 Å². The second kappa shape index (κ2) is 6.14. The Morgan fingerprint density at radius 3 is 2.79 bits per heavy atom. The number of pyridine rings is 1. The zero-order valence-electron chi connectivity index (χ0n) is 10.2. The van der Waals surface area contributed by atoms with Gasteiger partial charge in [0.2, 0.25) is 0 Å². The Morgan fingerprint density at radius 1 is 1.37 bits per heavy atom. The molecule has 0 aliphatic carbocycles. The predicted molar refractivity (Wildman–Crippen MR) is 70.8 cm³/mol. The minimum absolute atomic E-state index is 0.289. The van der Waals surface area contributed by atoms with Crippen LogP contribution in [-0.4, -0.2) is 27.5 Å². The van der Waals surface area contributed by atoms with Crippen molar-refractivity contribution in [3.05, 3.63) is 36.3 Å². The highest BCUT2D eigenvalue weighted by Gasteiger charge is 2.13. The first-order valence-electron chi connectivity index (χ1n) is 5.58. The molecule has 0 fully saturated rings. The van der Waals surface area contributed by atoms with Gasteiger partial charge in [0.25, 0.3) is 0 Å². The summed E-state index contributed by atoms with van der Waals surface area (Å²) in [5.74, 6) is -0.460. The van der Waals surface area contributed by atoms with Crippen LogP contribution in [-0.2, 0) is 4.74 Å². The monoisotopic (exact) mass is 276 g/mol. The number of nitrogen functional groups attached to an aromatic ring is 1. The van der Waals surface area contributed by atoms with E-state index in [1.54, 1.807) is 31.5 Å². The summed E-state index contributed by atoms with van der Waals surface area (Å²) in [6.45, 7) is 2.04. The van der Waals surface area contributed by atoms with Crippen molar-refractivity contribution in [1.82, 2.24) is 15.0 Å². The van der Waals surface area contributed by atoms with Gasteiger partial charge in [-0.25, -0.2) is 19.7 Å². The number of aromatic nitrogens is 3. The Balaban J connectivity index is 2.23. The molecule has 2 rings (SSSR count). The lowest BCUT2D eigenvalue weighted by Crippen LogP contribution is -2.08. The summed E-state index contributed by atoms with van der Waals surface area (Å²) in [4.78, 5) is 24.0. The molecule has 2 heterocycles. The first kappa shape index (κ1) is 13.3. The minimum atomic E-state index is -0.460. The average Bonchev–Trinajstić information content (AvgIpc) is 2.42. The lowest BCUT2D eigenvalue weighted by molar-refractivity contribution is 0.0527. The largest absolute Gasteiger partial charge is 0.462 e. The Hall–Kier alpha value is -2.15. The summed E-state index contributed by atoms with van der Waals surface area (Å²) in [5.41, 5.74) is 6.30. The van der Waals surface area contributed by atoms with Gasteiger partial charge in [0.1, 0.15) is 5.03 Å². The summed E-state index contributed by atoms with van der Waals surface area (Å²) >= 11 is 1.25. The Labute approximate surface area is 114 Å². The maximum Gasteiger partial charge on any atom is 0.340 e. The number of carbonyl (C=O) groups excluding carboxylic acids is 1. The summed E-state index contributed by atoms with van der Waals surface area (Å²) in [7, 11) is 0. The van der Waals surface area contributed by atoms with Gasteiger partial charge in [0.05, 0.1) is 24.1 Å². The maximum absolute atomic E-state index is 11.7. The molecule has 7 heteroatoms. The third-order valence-electron chi connectivity index (χ3n) is 2.14. The predicted octanol–water partition coefficient (Wildman–Crippen LogP) is 1.78. The number of rotatable bonds is 4. The van der Waals surface area contributed by atoms with Crippen LogP contribution >= 0.6 is 11.8 Å². The van der Waals surface area contributed by atoms with E-state index in [0.717, 1.165) is 0 Å². The SMILES string of the molecule is CCOC(=O)c1cc(Sc2ncccn2)ncc1N. The Kier molecular flexibility index (Phi) is 4.30. The van der Waals surface area contributed by atoms with Crippen LogP contribution < -0.4 is 5.73 Å². The molecule has 0 aliphatic rings. The van der Waals surface area contributed by atoms with Crippen molar-refractivity contribution in [1.29, 1.82) is 0 Å². The fourth-order valence-electron chi connectivity index (χ4n) is 1.32. The summed E-state index contributed by atoms with van der Waals surface area (Å²) in [6.07, 6.45) is 4.70. The van der Waals surface area contributed by atoms with Crippen molar-refractivity contribution in [2.24, 2.45) is 0 Å². The van der Waals surface area contributed by atoms with Crippen LogP contribution in [0.15, 0.2) is 40.9 Å². The van der Waals surface area contributed by atoms with Crippen molar-refractivity contribution in [2.45, 2.75) is 17.1 Å². The van der Waals surface area contributed by atoms with Gasteiger partial charge >= 0.3 is 5.97 Å². The number of nitrogens with zero attached hydrogens (tertiary/aromatic N) is 3. The van der Waals surface area contributed by atoms with Gasteiger partial charge in [-0.2, -0.15) is 0 Å². The summed E-state index contributed by atoms with van der Waals surface area (Å²) in [6, 6.07) is 3.30. The van der Waals surface area contributed by atoms with E-state index in [0.29, 0.717) is 22.4 Å². The quantitative estimate of drug-likeness (QED) is 0.672. The Bertz CT molecular complexity index is 577. The maximum atomic E-state index is 11.7. The molecular formula is C12H12N4O2S. The molecule has 2 aromatic rings. The van der Waals surface area contributed by atoms with Gasteiger partial charge in [-0.1, -0.05) is 0 Å². The molecule has 0 bridgehead atoms. The molecule has 0 amide bonds. The van der Waals surface area contributed by atoms with Crippen LogP contribution in [0.25, 0.3) is 0 Å². The molecule has 2 aromatic heterocycles. The first-order valence-corrected chi connectivity index (χ1v) is 6.40. The number of anilines is 1. The van der Waals surface area contributed by atoms with E-state index in [9.17, 15) is 4.79 Å². The number of carbonyl (C=O) groups is 1. The molecular weight excluding hydrogens is 264 g/mol. The highest BCUT2D eigenvalue weighted by atomic mass is 32.2. The summed E-state index contributed by atoms with van der Waals surface area (Å²) in [5, 5.41) is 1.14.